The summed E-state index contributed by atoms with van der Waals surface area (Å²) >= 11 is 0. The van der Waals surface area contributed by atoms with Crippen molar-refractivity contribution in [2.45, 2.75) is 19.4 Å². The van der Waals surface area contributed by atoms with Crippen LogP contribution in [0.1, 0.15) is 12.5 Å². The van der Waals surface area contributed by atoms with Gasteiger partial charge in [0.15, 0.2) is 0 Å². The Morgan fingerprint density at radius 3 is 2.38 bits per heavy atom. The second-order valence-electron chi connectivity index (χ2n) is 4.59. The van der Waals surface area contributed by atoms with Crippen molar-refractivity contribution in [1.82, 2.24) is 16.0 Å². The molecule has 7 heteroatoms. The van der Waals surface area contributed by atoms with Gasteiger partial charge in [-0.2, -0.15) is 0 Å². The molecule has 1 rings (SSSR count). The van der Waals surface area contributed by atoms with Crippen LogP contribution in [0.3, 0.4) is 0 Å². The highest BCUT2D eigenvalue weighted by molar-refractivity contribution is 5.86. The van der Waals surface area contributed by atoms with Gasteiger partial charge in [-0.1, -0.05) is 30.3 Å². The molecule has 1 aromatic carbocycles. The molecule has 3 amide bonds. The molecule has 1 atom stereocenters. The molecule has 0 bridgehead atoms. The van der Waals surface area contributed by atoms with Crippen molar-refractivity contribution >= 4 is 17.9 Å². The maximum absolute atomic E-state index is 11.6. The van der Waals surface area contributed by atoms with Gasteiger partial charge >= 0.3 is 12.0 Å². The van der Waals surface area contributed by atoms with Gasteiger partial charge in [-0.25, -0.2) is 4.79 Å². The first kappa shape index (κ1) is 16.5. The molecule has 0 saturated heterocycles. The van der Waals surface area contributed by atoms with Crippen LogP contribution >= 0.6 is 0 Å². The van der Waals surface area contributed by atoms with Crippen LogP contribution in [-0.4, -0.2) is 42.1 Å². The molecule has 1 unspecified atom stereocenters. The fourth-order valence-corrected chi connectivity index (χ4v) is 1.69. The summed E-state index contributed by atoms with van der Waals surface area (Å²) in [5.41, 5.74) is 1.10. The molecule has 0 heterocycles. The predicted molar refractivity (Wildman–Crippen MR) is 76.8 cm³/mol. The van der Waals surface area contributed by atoms with Crippen molar-refractivity contribution in [3.8, 4) is 0 Å². The van der Waals surface area contributed by atoms with Crippen LogP contribution in [0.5, 0.6) is 0 Å². The van der Waals surface area contributed by atoms with E-state index in [1.54, 1.807) is 0 Å². The fraction of sp³-hybridized carbons (Fsp3) is 0.357. The van der Waals surface area contributed by atoms with Gasteiger partial charge in [-0.15, -0.1) is 0 Å². The predicted octanol–water partition coefficient (Wildman–Crippen LogP) is 0.118. The van der Waals surface area contributed by atoms with E-state index in [0.29, 0.717) is 6.42 Å². The van der Waals surface area contributed by atoms with Crippen LogP contribution in [0.4, 0.5) is 4.79 Å². The first-order valence-corrected chi connectivity index (χ1v) is 6.54. The largest absolute Gasteiger partial charge is 0.480 e. The monoisotopic (exact) mass is 293 g/mol. The minimum absolute atomic E-state index is 0.0884. The Labute approximate surface area is 122 Å². The summed E-state index contributed by atoms with van der Waals surface area (Å²) in [6, 6.07) is 9.15. The van der Waals surface area contributed by atoms with E-state index in [1.807, 2.05) is 37.3 Å². The Morgan fingerprint density at radius 1 is 1.10 bits per heavy atom. The van der Waals surface area contributed by atoms with Crippen LogP contribution in [0.15, 0.2) is 30.3 Å². The van der Waals surface area contributed by atoms with Crippen LogP contribution in [0.2, 0.25) is 0 Å². The number of hydrogen-bond acceptors (Lipinski definition) is 3. The number of urea groups is 1. The fourth-order valence-electron chi connectivity index (χ4n) is 1.69. The van der Waals surface area contributed by atoms with Gasteiger partial charge < -0.3 is 21.1 Å². The quantitative estimate of drug-likeness (QED) is 0.572. The lowest BCUT2D eigenvalue weighted by Gasteiger charge is -2.14. The number of carbonyl (C=O) groups is 3. The van der Waals surface area contributed by atoms with Crippen LogP contribution in [0, 0.1) is 0 Å². The summed E-state index contributed by atoms with van der Waals surface area (Å²) in [7, 11) is 0. The highest BCUT2D eigenvalue weighted by Crippen LogP contribution is 2.02. The number of carbonyl (C=O) groups excluding carboxylic acids is 2. The Morgan fingerprint density at radius 2 is 1.76 bits per heavy atom. The van der Waals surface area contributed by atoms with Crippen LogP contribution in [-0.2, 0) is 16.0 Å². The van der Waals surface area contributed by atoms with Crippen molar-refractivity contribution in [3.63, 3.8) is 0 Å². The van der Waals surface area contributed by atoms with E-state index < -0.39 is 24.5 Å². The summed E-state index contributed by atoms with van der Waals surface area (Å²) in [4.78, 5) is 33.0. The zero-order chi connectivity index (χ0) is 15.7. The molecule has 114 valence electrons. The van der Waals surface area contributed by atoms with E-state index in [4.69, 9.17) is 5.11 Å². The Bertz CT molecular complexity index is 490. The lowest BCUT2D eigenvalue weighted by molar-refractivity contribution is -0.137. The van der Waals surface area contributed by atoms with E-state index in [9.17, 15) is 14.4 Å². The summed E-state index contributed by atoms with van der Waals surface area (Å²) < 4.78 is 0. The third-order valence-electron chi connectivity index (χ3n) is 2.61. The summed E-state index contributed by atoms with van der Waals surface area (Å²) in [5, 5.41) is 15.6. The van der Waals surface area contributed by atoms with Gasteiger partial charge in [0.05, 0.1) is 6.54 Å². The molecule has 7 nitrogen and oxygen atoms in total. The zero-order valence-corrected chi connectivity index (χ0v) is 11.8. The number of benzene rings is 1. The summed E-state index contributed by atoms with van der Waals surface area (Å²) in [6.45, 7) is 1.13. The molecule has 0 aliphatic carbocycles. The minimum Gasteiger partial charge on any atom is -0.480 e. The average molecular weight is 293 g/mol. The molecule has 0 saturated carbocycles. The second-order valence-corrected chi connectivity index (χ2v) is 4.59. The molecule has 0 aliphatic rings. The van der Waals surface area contributed by atoms with E-state index >= 15 is 0 Å². The molecule has 21 heavy (non-hydrogen) atoms. The second kappa shape index (κ2) is 8.57. The number of aliphatic carboxylic acids is 1. The van der Waals surface area contributed by atoms with Gasteiger partial charge in [-0.05, 0) is 18.9 Å². The number of carboxylic acid groups (broad SMARTS) is 1. The number of rotatable bonds is 7. The van der Waals surface area contributed by atoms with E-state index in [1.165, 1.54) is 0 Å². The van der Waals surface area contributed by atoms with Gasteiger partial charge in [-0.3, -0.25) is 9.59 Å². The first-order chi connectivity index (χ1) is 9.97. The molecule has 0 fully saturated rings. The smallest absolute Gasteiger partial charge is 0.322 e. The van der Waals surface area contributed by atoms with Crippen LogP contribution in [0.25, 0.3) is 0 Å². The highest BCUT2D eigenvalue weighted by atomic mass is 16.4. The number of hydrogen-bond donors (Lipinski definition) is 4. The Kier molecular flexibility index (Phi) is 6.73. The summed E-state index contributed by atoms with van der Waals surface area (Å²) in [6.07, 6.45) is 0.680. The van der Waals surface area contributed by atoms with Gasteiger partial charge in [0.2, 0.25) is 5.91 Å². The van der Waals surface area contributed by atoms with E-state index in [-0.39, 0.29) is 12.6 Å². The van der Waals surface area contributed by atoms with Crippen molar-refractivity contribution in [2.75, 3.05) is 13.1 Å². The van der Waals surface area contributed by atoms with E-state index in [0.717, 1.165) is 5.56 Å². The molecule has 1 aromatic rings. The normalized spacial score (nSPS) is 11.3. The minimum atomic E-state index is -1.13. The lowest BCUT2D eigenvalue weighted by Crippen LogP contribution is -2.46. The van der Waals surface area contributed by atoms with Crippen molar-refractivity contribution < 1.29 is 19.5 Å². The molecular weight excluding hydrogens is 274 g/mol. The average Bonchev–Trinajstić information content (AvgIpc) is 2.43. The van der Waals surface area contributed by atoms with Crippen LogP contribution < -0.4 is 16.0 Å². The maximum Gasteiger partial charge on any atom is 0.322 e. The highest BCUT2D eigenvalue weighted by Gasteiger charge is 2.09. The standard InChI is InChI=1S/C14H19N3O4/c1-10(7-11-5-3-2-4-6-11)17-14(21)16-8-12(18)15-9-13(19)20/h2-6,10H,7-9H2,1H3,(H,15,18)(H,19,20)(H2,16,17,21). The lowest BCUT2D eigenvalue weighted by atomic mass is 10.1. The SMILES string of the molecule is CC(Cc1ccccc1)NC(=O)NCC(=O)NCC(=O)O. The third-order valence-corrected chi connectivity index (χ3v) is 2.61. The van der Waals surface area contributed by atoms with Gasteiger partial charge in [0.1, 0.15) is 6.54 Å². The molecular formula is C14H19N3O4. The molecule has 0 aromatic heterocycles. The Balaban J connectivity index is 2.24. The molecule has 0 spiro atoms. The van der Waals surface area contributed by atoms with Crippen molar-refractivity contribution in [3.05, 3.63) is 35.9 Å². The third kappa shape index (κ3) is 7.56. The topological polar surface area (TPSA) is 108 Å². The van der Waals surface area contributed by atoms with Crippen molar-refractivity contribution in [1.29, 1.82) is 0 Å². The maximum atomic E-state index is 11.6. The number of carboxylic acids is 1. The number of amides is 3. The molecule has 0 aliphatic heterocycles. The first-order valence-electron chi connectivity index (χ1n) is 6.54. The molecule has 0 radical (unpaired) electrons. The van der Waals surface area contributed by atoms with Gasteiger partial charge in [0, 0.05) is 6.04 Å². The summed E-state index contributed by atoms with van der Waals surface area (Å²) in [5.74, 6) is -1.69. The molecule has 4 N–H and O–H groups in total. The van der Waals surface area contributed by atoms with Crippen molar-refractivity contribution in [2.24, 2.45) is 0 Å². The number of nitrogens with one attached hydrogen (secondary N) is 3. The van der Waals surface area contributed by atoms with E-state index in [2.05, 4.69) is 16.0 Å². The zero-order valence-electron chi connectivity index (χ0n) is 11.8. The Hall–Kier alpha value is -2.57. The van der Waals surface area contributed by atoms with Gasteiger partial charge in [0.25, 0.3) is 0 Å².